The van der Waals surface area contributed by atoms with E-state index in [1.54, 1.807) is 5.38 Å². The highest BCUT2D eigenvalue weighted by Crippen LogP contribution is 2.20. The normalized spacial score (nSPS) is 11.3. The van der Waals surface area contributed by atoms with E-state index in [-0.39, 0.29) is 15.6 Å². The molecule has 2 aromatic heterocycles. The van der Waals surface area contributed by atoms with Crippen LogP contribution in [0.15, 0.2) is 26.5 Å². The Morgan fingerprint density at radius 1 is 1.44 bits per heavy atom. The van der Waals surface area contributed by atoms with Crippen molar-refractivity contribution in [1.29, 1.82) is 5.26 Å². The van der Waals surface area contributed by atoms with Gasteiger partial charge in [0.1, 0.15) is 15.2 Å². The molecule has 0 atom stereocenters. The van der Waals surface area contributed by atoms with E-state index in [9.17, 15) is 13.2 Å². The van der Waals surface area contributed by atoms with Crippen LogP contribution in [0.1, 0.15) is 10.6 Å². The number of thiazole rings is 1. The number of aromatic nitrogens is 1. The fourth-order valence-corrected chi connectivity index (χ4v) is 3.91. The van der Waals surface area contributed by atoms with Crippen LogP contribution in [0.2, 0.25) is 0 Å². The SMILES string of the molecule is N#Cc1ccc(S(=O)(=O)NCc2csc(=O)[nH]2)s1. The van der Waals surface area contributed by atoms with Gasteiger partial charge in [-0.05, 0) is 12.1 Å². The molecule has 0 radical (unpaired) electrons. The lowest BCUT2D eigenvalue weighted by Crippen LogP contribution is -2.22. The molecule has 0 fully saturated rings. The Bertz CT molecular complexity index is 748. The number of H-pyrrole nitrogens is 1. The summed E-state index contributed by atoms with van der Waals surface area (Å²) in [4.78, 5) is 13.5. The molecule has 0 aliphatic rings. The largest absolute Gasteiger partial charge is 0.315 e. The van der Waals surface area contributed by atoms with Crippen LogP contribution in [0.3, 0.4) is 0 Å². The molecular formula is C9H7N3O3S3. The van der Waals surface area contributed by atoms with E-state index in [2.05, 4.69) is 9.71 Å². The number of hydrogen-bond acceptors (Lipinski definition) is 6. The first-order valence-electron chi connectivity index (χ1n) is 4.67. The second-order valence-corrected chi connectivity index (χ2v) is 7.15. The van der Waals surface area contributed by atoms with E-state index in [1.807, 2.05) is 6.07 Å². The molecule has 0 amide bonds. The fraction of sp³-hybridized carbons (Fsp3) is 0.111. The summed E-state index contributed by atoms with van der Waals surface area (Å²) in [6.07, 6.45) is 0. The Hall–Kier alpha value is -1.47. The Labute approximate surface area is 111 Å². The summed E-state index contributed by atoms with van der Waals surface area (Å²) in [6.45, 7) is 0.0147. The summed E-state index contributed by atoms with van der Waals surface area (Å²) in [5.41, 5.74) is 0.505. The number of sulfonamides is 1. The van der Waals surface area contributed by atoms with Crippen LogP contribution in [-0.4, -0.2) is 13.4 Å². The van der Waals surface area contributed by atoms with Crippen molar-refractivity contribution in [2.45, 2.75) is 10.8 Å². The quantitative estimate of drug-likeness (QED) is 0.873. The average Bonchev–Trinajstić information content (AvgIpc) is 2.95. The van der Waals surface area contributed by atoms with Crippen molar-refractivity contribution in [3.05, 3.63) is 37.8 Å². The van der Waals surface area contributed by atoms with Gasteiger partial charge in [-0.1, -0.05) is 11.3 Å². The molecule has 0 aliphatic heterocycles. The lowest BCUT2D eigenvalue weighted by Gasteiger charge is -2.02. The Kier molecular flexibility index (Phi) is 3.63. The van der Waals surface area contributed by atoms with Crippen LogP contribution in [0.25, 0.3) is 0 Å². The summed E-state index contributed by atoms with van der Waals surface area (Å²) in [7, 11) is -3.64. The minimum absolute atomic E-state index is 0.0147. The van der Waals surface area contributed by atoms with E-state index in [1.165, 1.54) is 12.1 Å². The molecule has 18 heavy (non-hydrogen) atoms. The van der Waals surface area contributed by atoms with E-state index in [0.717, 1.165) is 22.7 Å². The van der Waals surface area contributed by atoms with Gasteiger partial charge in [-0.15, -0.1) is 11.3 Å². The molecule has 0 bridgehead atoms. The van der Waals surface area contributed by atoms with E-state index >= 15 is 0 Å². The van der Waals surface area contributed by atoms with Gasteiger partial charge in [0.15, 0.2) is 0 Å². The number of nitrogens with one attached hydrogen (secondary N) is 2. The zero-order valence-electron chi connectivity index (χ0n) is 8.84. The number of rotatable bonds is 4. The fourth-order valence-electron chi connectivity index (χ4n) is 1.17. The molecule has 6 nitrogen and oxygen atoms in total. The zero-order chi connectivity index (χ0) is 13.2. The predicted molar refractivity (Wildman–Crippen MR) is 68.0 cm³/mol. The van der Waals surface area contributed by atoms with Gasteiger partial charge in [-0.25, -0.2) is 13.1 Å². The van der Waals surface area contributed by atoms with E-state index in [4.69, 9.17) is 5.26 Å². The van der Waals surface area contributed by atoms with Crippen LogP contribution >= 0.6 is 22.7 Å². The van der Waals surface area contributed by atoms with Gasteiger partial charge in [-0.3, -0.25) is 4.79 Å². The highest BCUT2D eigenvalue weighted by atomic mass is 32.2. The van der Waals surface area contributed by atoms with Gasteiger partial charge in [0.2, 0.25) is 10.0 Å². The van der Waals surface area contributed by atoms with Gasteiger partial charge < -0.3 is 4.98 Å². The molecule has 2 rings (SSSR count). The molecule has 0 saturated carbocycles. The monoisotopic (exact) mass is 301 g/mol. The zero-order valence-corrected chi connectivity index (χ0v) is 11.3. The molecule has 2 aromatic rings. The Morgan fingerprint density at radius 2 is 2.22 bits per heavy atom. The van der Waals surface area contributed by atoms with Crippen molar-refractivity contribution in [1.82, 2.24) is 9.71 Å². The van der Waals surface area contributed by atoms with Crippen molar-refractivity contribution in [3.8, 4) is 6.07 Å². The van der Waals surface area contributed by atoms with Gasteiger partial charge >= 0.3 is 4.87 Å². The molecule has 0 spiro atoms. The molecule has 2 N–H and O–H groups in total. The molecular weight excluding hydrogens is 294 g/mol. The molecule has 9 heteroatoms. The van der Waals surface area contributed by atoms with Gasteiger partial charge in [0.05, 0.1) is 6.54 Å². The lowest BCUT2D eigenvalue weighted by molar-refractivity contribution is 0.582. The van der Waals surface area contributed by atoms with Crippen molar-refractivity contribution in [3.63, 3.8) is 0 Å². The van der Waals surface area contributed by atoms with E-state index in [0.29, 0.717) is 10.6 Å². The average molecular weight is 301 g/mol. The number of nitrogens with zero attached hydrogens (tertiary/aromatic N) is 1. The van der Waals surface area contributed by atoms with Crippen molar-refractivity contribution >= 4 is 32.7 Å². The van der Waals surface area contributed by atoms with Gasteiger partial charge in [0, 0.05) is 11.1 Å². The van der Waals surface area contributed by atoms with Crippen molar-refractivity contribution in [2.24, 2.45) is 0 Å². The third-order valence-corrected chi connectivity index (χ3v) is 5.58. The number of aromatic amines is 1. The Morgan fingerprint density at radius 3 is 2.78 bits per heavy atom. The van der Waals surface area contributed by atoms with Crippen LogP contribution in [0, 0.1) is 11.3 Å². The molecule has 0 aliphatic carbocycles. The smallest absolute Gasteiger partial charge is 0.304 e. The van der Waals surface area contributed by atoms with E-state index < -0.39 is 10.0 Å². The van der Waals surface area contributed by atoms with Crippen LogP contribution in [-0.2, 0) is 16.6 Å². The molecule has 0 saturated heterocycles. The third-order valence-electron chi connectivity index (χ3n) is 1.98. The first kappa shape index (κ1) is 13.0. The molecule has 94 valence electrons. The number of hydrogen-bond donors (Lipinski definition) is 2. The summed E-state index contributed by atoms with van der Waals surface area (Å²) in [6, 6.07) is 4.70. The number of thiophene rings is 1. The van der Waals surface area contributed by atoms with Crippen molar-refractivity contribution < 1.29 is 8.42 Å². The Balaban J connectivity index is 2.13. The second-order valence-electron chi connectivity index (χ2n) is 3.23. The van der Waals surface area contributed by atoms with Crippen molar-refractivity contribution in [2.75, 3.05) is 0 Å². The highest BCUT2D eigenvalue weighted by Gasteiger charge is 2.16. The van der Waals surface area contributed by atoms with Crippen LogP contribution in [0.4, 0.5) is 0 Å². The van der Waals surface area contributed by atoms with Gasteiger partial charge in [0.25, 0.3) is 0 Å². The van der Waals surface area contributed by atoms with Crippen LogP contribution < -0.4 is 9.60 Å². The molecule has 0 unspecified atom stereocenters. The summed E-state index contributed by atoms with van der Waals surface area (Å²) in [5, 5.41) is 10.2. The van der Waals surface area contributed by atoms with Gasteiger partial charge in [-0.2, -0.15) is 5.26 Å². The first-order valence-corrected chi connectivity index (χ1v) is 7.85. The standard InChI is InChI=1S/C9H7N3O3S3/c10-3-7-1-2-8(17-7)18(14,15)11-4-6-5-16-9(13)12-6/h1-2,5,11H,4H2,(H,12,13). The molecule has 2 heterocycles. The van der Waals surface area contributed by atoms with Crippen LogP contribution in [0.5, 0.6) is 0 Å². The topological polar surface area (TPSA) is 103 Å². The minimum atomic E-state index is -3.64. The predicted octanol–water partition coefficient (Wildman–Crippen LogP) is 0.848. The highest BCUT2D eigenvalue weighted by molar-refractivity contribution is 7.91. The number of nitriles is 1. The minimum Gasteiger partial charge on any atom is -0.315 e. The second kappa shape index (κ2) is 5.03. The summed E-state index contributed by atoms with van der Waals surface area (Å²) in [5.74, 6) is 0. The summed E-state index contributed by atoms with van der Waals surface area (Å²) < 4.78 is 26.1. The molecule has 0 aromatic carbocycles. The maximum atomic E-state index is 11.8. The maximum absolute atomic E-state index is 11.8. The first-order chi connectivity index (χ1) is 8.51. The lowest BCUT2D eigenvalue weighted by atomic mass is 10.5. The summed E-state index contributed by atoms with van der Waals surface area (Å²) >= 11 is 1.87. The maximum Gasteiger partial charge on any atom is 0.304 e. The third kappa shape index (κ3) is 2.85.